The molecule has 0 spiro atoms. The summed E-state index contributed by atoms with van der Waals surface area (Å²) < 4.78 is 5.50. The van der Waals surface area contributed by atoms with Gasteiger partial charge in [-0.25, -0.2) is 9.13 Å². The predicted molar refractivity (Wildman–Crippen MR) is 103 cm³/mol. The van der Waals surface area contributed by atoms with Crippen molar-refractivity contribution >= 4 is 15.9 Å². The molecule has 0 saturated carbocycles. The summed E-state index contributed by atoms with van der Waals surface area (Å²) in [5, 5.41) is 0. The Morgan fingerprint density at radius 1 is 0.875 bits per heavy atom. The van der Waals surface area contributed by atoms with Gasteiger partial charge in [-0.1, -0.05) is 58.0 Å². The van der Waals surface area contributed by atoms with Crippen molar-refractivity contribution in [2.75, 3.05) is 0 Å². The van der Waals surface area contributed by atoms with E-state index in [4.69, 9.17) is 0 Å². The molecule has 0 aliphatic heterocycles. The van der Waals surface area contributed by atoms with Gasteiger partial charge in [-0.05, 0) is 39.9 Å². The largest absolute Gasteiger partial charge is 0.254 e. The van der Waals surface area contributed by atoms with E-state index in [2.05, 4.69) is 108 Å². The van der Waals surface area contributed by atoms with Crippen molar-refractivity contribution in [3.05, 3.63) is 76.8 Å². The van der Waals surface area contributed by atoms with Crippen LogP contribution >= 0.6 is 15.9 Å². The Labute approximate surface area is 152 Å². The summed E-state index contributed by atoms with van der Waals surface area (Å²) >= 11 is 3.64. The quantitative estimate of drug-likeness (QED) is 0.506. The Morgan fingerprint density at radius 3 is 2.08 bits per heavy atom. The molecule has 3 heteroatoms. The summed E-state index contributed by atoms with van der Waals surface area (Å²) in [7, 11) is 0. The number of nitrogens with zero attached hydrogens (tertiary/aromatic N) is 2. The zero-order valence-electron chi connectivity index (χ0n) is 14.7. The number of hydrogen-bond acceptors (Lipinski definition) is 0. The number of para-hydroxylation sites is 2. The smallest absolute Gasteiger partial charge is 0.201 e. The van der Waals surface area contributed by atoms with Gasteiger partial charge >= 0.3 is 0 Å². The fraction of sp³-hybridized carbons (Fsp3) is 0.286. The van der Waals surface area contributed by atoms with Crippen LogP contribution in [0.25, 0.3) is 11.4 Å². The lowest BCUT2D eigenvalue weighted by Crippen LogP contribution is -2.31. The van der Waals surface area contributed by atoms with E-state index in [0.29, 0.717) is 11.8 Å². The molecule has 1 heterocycles. The highest BCUT2D eigenvalue weighted by Gasteiger charge is 2.20. The first kappa shape index (κ1) is 17.0. The van der Waals surface area contributed by atoms with E-state index in [0.717, 1.165) is 10.2 Å². The maximum atomic E-state index is 3.64. The maximum Gasteiger partial charge on any atom is 0.254 e. The number of benzene rings is 2. The second kappa shape index (κ2) is 6.94. The average molecular weight is 384 g/mol. The highest BCUT2D eigenvalue weighted by molar-refractivity contribution is 9.10. The van der Waals surface area contributed by atoms with Gasteiger partial charge in [0.2, 0.25) is 0 Å². The van der Waals surface area contributed by atoms with Crippen molar-refractivity contribution < 1.29 is 4.57 Å². The predicted octanol–water partition coefficient (Wildman–Crippen LogP) is 5.76. The van der Waals surface area contributed by atoms with Gasteiger partial charge in [-0.3, -0.25) is 0 Å². The highest BCUT2D eigenvalue weighted by atomic mass is 79.9. The van der Waals surface area contributed by atoms with Crippen LogP contribution in [0.5, 0.6) is 0 Å². The lowest BCUT2D eigenvalue weighted by Gasteiger charge is -2.16. The third-order valence-electron chi connectivity index (χ3n) is 4.37. The van der Waals surface area contributed by atoms with E-state index < -0.39 is 0 Å². The Balaban J connectivity index is 2.16. The SMILES string of the molecule is CC(C)c1cccc(C(C)C)c1-[n+]1ccn(-c2ccccc2Br)c1. The molecule has 0 N–H and O–H groups in total. The molecule has 0 saturated heterocycles. The van der Waals surface area contributed by atoms with Gasteiger partial charge in [-0.15, -0.1) is 0 Å². The molecule has 0 amide bonds. The van der Waals surface area contributed by atoms with E-state index in [1.54, 1.807) is 0 Å². The number of imidazole rings is 1. The standard InChI is InChI=1S/C21H24BrN2/c1-15(2)17-8-7-9-18(16(3)4)21(17)24-13-12-23(14-24)20-11-6-5-10-19(20)22/h5-16H,1-4H3/q+1. The molecule has 0 radical (unpaired) electrons. The summed E-state index contributed by atoms with van der Waals surface area (Å²) in [6, 6.07) is 15.0. The third-order valence-corrected chi connectivity index (χ3v) is 5.04. The normalized spacial score (nSPS) is 11.5. The topological polar surface area (TPSA) is 8.81 Å². The van der Waals surface area contributed by atoms with Gasteiger partial charge in [0.25, 0.3) is 6.33 Å². The van der Waals surface area contributed by atoms with Crippen LogP contribution < -0.4 is 4.57 Å². The summed E-state index contributed by atoms with van der Waals surface area (Å²) in [5.74, 6) is 0.969. The first-order valence-corrected chi connectivity index (χ1v) is 9.25. The monoisotopic (exact) mass is 383 g/mol. The van der Waals surface area contributed by atoms with E-state index in [1.165, 1.54) is 16.8 Å². The Morgan fingerprint density at radius 2 is 1.50 bits per heavy atom. The van der Waals surface area contributed by atoms with Crippen molar-refractivity contribution in [3.8, 4) is 11.4 Å². The van der Waals surface area contributed by atoms with Gasteiger partial charge in [-0.2, -0.15) is 0 Å². The van der Waals surface area contributed by atoms with Crippen molar-refractivity contribution in [3.63, 3.8) is 0 Å². The van der Waals surface area contributed by atoms with Crippen molar-refractivity contribution in [2.24, 2.45) is 0 Å². The zero-order chi connectivity index (χ0) is 17.3. The Hall–Kier alpha value is -1.87. The molecule has 0 atom stereocenters. The van der Waals surface area contributed by atoms with E-state index in [9.17, 15) is 0 Å². The molecule has 2 aromatic carbocycles. The summed E-state index contributed by atoms with van der Waals surface area (Å²) in [5.41, 5.74) is 5.23. The van der Waals surface area contributed by atoms with Crippen LogP contribution in [-0.2, 0) is 0 Å². The summed E-state index contributed by atoms with van der Waals surface area (Å²) in [6.07, 6.45) is 6.42. The number of aromatic nitrogens is 2. The second-order valence-electron chi connectivity index (χ2n) is 6.77. The molecule has 2 nitrogen and oxygen atoms in total. The van der Waals surface area contributed by atoms with E-state index >= 15 is 0 Å². The molecule has 0 fully saturated rings. The summed E-state index contributed by atoms with van der Waals surface area (Å²) in [4.78, 5) is 0. The minimum absolute atomic E-state index is 0.484. The van der Waals surface area contributed by atoms with Crippen LogP contribution in [0.4, 0.5) is 0 Å². The lowest BCUT2D eigenvalue weighted by atomic mass is 9.92. The van der Waals surface area contributed by atoms with Crippen LogP contribution in [0.2, 0.25) is 0 Å². The van der Waals surface area contributed by atoms with Gasteiger partial charge in [0.15, 0.2) is 0 Å². The van der Waals surface area contributed by atoms with Gasteiger partial charge in [0.1, 0.15) is 23.8 Å². The number of rotatable bonds is 4. The Kier molecular flexibility index (Phi) is 4.91. The average Bonchev–Trinajstić information content (AvgIpc) is 3.03. The van der Waals surface area contributed by atoms with Crippen molar-refractivity contribution in [2.45, 2.75) is 39.5 Å². The van der Waals surface area contributed by atoms with Gasteiger partial charge in [0.05, 0.1) is 4.47 Å². The molecule has 3 rings (SSSR count). The fourth-order valence-corrected chi connectivity index (χ4v) is 3.59. The van der Waals surface area contributed by atoms with Crippen molar-refractivity contribution in [1.29, 1.82) is 0 Å². The molecule has 1 aromatic heterocycles. The van der Waals surface area contributed by atoms with Crippen LogP contribution in [0.1, 0.15) is 50.7 Å². The van der Waals surface area contributed by atoms with Gasteiger partial charge < -0.3 is 0 Å². The number of hydrogen-bond donors (Lipinski definition) is 0. The highest BCUT2D eigenvalue weighted by Crippen LogP contribution is 2.28. The molecular formula is C21H24BrN2+. The zero-order valence-corrected chi connectivity index (χ0v) is 16.3. The molecule has 124 valence electrons. The Bertz CT molecular complexity index is 820. The maximum absolute atomic E-state index is 3.64. The van der Waals surface area contributed by atoms with Crippen LogP contribution in [0.15, 0.2) is 65.7 Å². The number of halogens is 1. The molecular weight excluding hydrogens is 360 g/mol. The second-order valence-corrected chi connectivity index (χ2v) is 7.63. The molecule has 24 heavy (non-hydrogen) atoms. The van der Waals surface area contributed by atoms with Crippen LogP contribution in [0.3, 0.4) is 0 Å². The molecule has 0 bridgehead atoms. The minimum atomic E-state index is 0.484. The van der Waals surface area contributed by atoms with Crippen molar-refractivity contribution in [1.82, 2.24) is 4.57 Å². The van der Waals surface area contributed by atoms with Crippen LogP contribution in [0, 0.1) is 0 Å². The lowest BCUT2D eigenvalue weighted by molar-refractivity contribution is -0.596. The summed E-state index contributed by atoms with van der Waals surface area (Å²) in [6.45, 7) is 9.03. The molecule has 0 aliphatic rings. The van der Waals surface area contributed by atoms with E-state index in [1.807, 2.05) is 6.07 Å². The fourth-order valence-electron chi connectivity index (χ4n) is 3.10. The van der Waals surface area contributed by atoms with Gasteiger partial charge in [0, 0.05) is 11.1 Å². The van der Waals surface area contributed by atoms with Crippen LogP contribution in [-0.4, -0.2) is 4.57 Å². The first-order valence-electron chi connectivity index (χ1n) is 8.46. The first-order chi connectivity index (χ1) is 11.5. The molecule has 0 aliphatic carbocycles. The van der Waals surface area contributed by atoms with E-state index in [-0.39, 0.29) is 0 Å². The molecule has 0 unspecified atom stereocenters. The minimum Gasteiger partial charge on any atom is -0.201 e. The third kappa shape index (κ3) is 3.18. The molecule has 3 aromatic rings.